The number of amides is 3. The van der Waals surface area contributed by atoms with Crippen molar-refractivity contribution < 1.29 is 37.8 Å². The summed E-state index contributed by atoms with van der Waals surface area (Å²) in [5.74, 6) is -3.28. The molecular formula is C32H38ClF2N7O6. The van der Waals surface area contributed by atoms with Gasteiger partial charge in [0.05, 0.1) is 29.6 Å². The minimum Gasteiger partial charge on any atom is -0.494 e. The van der Waals surface area contributed by atoms with Gasteiger partial charge in [-0.15, -0.1) is 0 Å². The van der Waals surface area contributed by atoms with Gasteiger partial charge in [0.15, 0.2) is 17.4 Å². The van der Waals surface area contributed by atoms with Gasteiger partial charge in [-0.2, -0.15) is 4.39 Å². The third-order valence-corrected chi connectivity index (χ3v) is 8.76. The fraction of sp³-hybridized carbons (Fsp3) is 0.406. The molecule has 1 aromatic heterocycles. The van der Waals surface area contributed by atoms with Crippen LogP contribution in [-0.2, 0) is 16.6 Å². The normalized spacial score (nSPS) is 15.4. The summed E-state index contributed by atoms with van der Waals surface area (Å²) in [5, 5.41) is 9.72. The summed E-state index contributed by atoms with van der Waals surface area (Å²) in [6.45, 7) is 4.65. The van der Waals surface area contributed by atoms with E-state index in [0.717, 1.165) is 32.5 Å². The largest absolute Gasteiger partial charge is 0.494 e. The van der Waals surface area contributed by atoms with Gasteiger partial charge in [-0.3, -0.25) is 19.2 Å². The molecular weight excluding hydrogens is 652 g/mol. The van der Waals surface area contributed by atoms with Gasteiger partial charge in [0.1, 0.15) is 0 Å². The van der Waals surface area contributed by atoms with E-state index in [0.29, 0.717) is 38.4 Å². The van der Waals surface area contributed by atoms with Gasteiger partial charge in [-0.25, -0.2) is 9.37 Å². The zero-order chi connectivity index (χ0) is 35.0. The van der Waals surface area contributed by atoms with E-state index in [1.165, 1.54) is 49.2 Å². The molecule has 2 saturated heterocycles. The number of anilines is 1. The molecule has 2 aromatic carbocycles. The summed E-state index contributed by atoms with van der Waals surface area (Å²) in [5.41, 5.74) is 6.35. The minimum absolute atomic E-state index is 0.00226. The summed E-state index contributed by atoms with van der Waals surface area (Å²) in [4.78, 5) is 57.6. The van der Waals surface area contributed by atoms with E-state index in [1.54, 1.807) is 11.0 Å². The number of nitrogens with two attached hydrogens (primary N) is 1. The second-order valence-corrected chi connectivity index (χ2v) is 11.7. The van der Waals surface area contributed by atoms with E-state index in [9.17, 15) is 23.2 Å². The van der Waals surface area contributed by atoms with Crippen molar-refractivity contribution in [3.05, 3.63) is 64.6 Å². The number of nitrogens with one attached hydrogen (secondary N) is 1. The lowest BCUT2D eigenvalue weighted by molar-refractivity contribution is -0.138. The Labute approximate surface area is 281 Å². The highest BCUT2D eigenvalue weighted by atomic mass is 35.5. The number of benzene rings is 2. The first kappa shape index (κ1) is 36.2. The van der Waals surface area contributed by atoms with Crippen LogP contribution < -0.4 is 15.8 Å². The predicted molar refractivity (Wildman–Crippen MR) is 174 cm³/mol. The second-order valence-electron chi connectivity index (χ2n) is 11.2. The van der Waals surface area contributed by atoms with Crippen LogP contribution in [0.2, 0.25) is 5.02 Å². The van der Waals surface area contributed by atoms with Gasteiger partial charge < -0.3 is 40.2 Å². The highest BCUT2D eigenvalue weighted by Crippen LogP contribution is 2.30. The lowest BCUT2D eigenvalue weighted by Crippen LogP contribution is -2.53. The van der Waals surface area contributed by atoms with Gasteiger partial charge in [-0.05, 0) is 56.3 Å². The highest BCUT2D eigenvalue weighted by molar-refractivity contribution is 6.34. The first-order valence-corrected chi connectivity index (χ1v) is 15.7. The average Bonchev–Trinajstić information content (AvgIpc) is 3.47. The second kappa shape index (κ2) is 16.5. The third-order valence-electron chi connectivity index (χ3n) is 8.45. The molecule has 2 aliphatic heterocycles. The number of carbonyl (C=O) groups excluding carboxylic acids is 3. The Kier molecular flexibility index (Phi) is 12.4. The van der Waals surface area contributed by atoms with Crippen molar-refractivity contribution in [1.82, 2.24) is 24.3 Å². The Bertz CT molecular complexity index is 1640. The Hall–Kier alpha value is -4.60. The number of likely N-dealkylation sites (tertiary alicyclic amines) is 1. The summed E-state index contributed by atoms with van der Waals surface area (Å²) in [6, 6.07) is 7.19. The summed E-state index contributed by atoms with van der Waals surface area (Å²) in [6.07, 6.45) is 2.91. The summed E-state index contributed by atoms with van der Waals surface area (Å²) >= 11 is 6.48. The number of hydrogen-bond acceptors (Lipinski definition) is 8. The number of hydrogen-bond donors (Lipinski definition) is 3. The molecule has 0 atom stereocenters. The Morgan fingerprint density at radius 3 is 2.31 bits per heavy atom. The quantitative estimate of drug-likeness (QED) is 0.302. The van der Waals surface area contributed by atoms with Crippen molar-refractivity contribution in [2.24, 2.45) is 18.7 Å². The van der Waals surface area contributed by atoms with Crippen LogP contribution in [0.25, 0.3) is 11.3 Å². The number of imidazole rings is 1. The Morgan fingerprint density at radius 1 is 1.06 bits per heavy atom. The molecule has 2 aliphatic rings. The lowest BCUT2D eigenvalue weighted by atomic mass is 9.95. The molecule has 258 valence electrons. The van der Waals surface area contributed by atoms with Crippen LogP contribution in [0.4, 0.5) is 14.5 Å². The first-order chi connectivity index (χ1) is 23.0. The molecule has 0 radical (unpaired) electrons. The van der Waals surface area contributed by atoms with Crippen LogP contribution in [0.15, 0.2) is 36.5 Å². The molecule has 2 fully saturated rings. The van der Waals surface area contributed by atoms with Crippen molar-refractivity contribution >= 4 is 41.5 Å². The number of methoxy groups -OCH3 is 1. The van der Waals surface area contributed by atoms with Crippen molar-refractivity contribution in [2.45, 2.75) is 12.8 Å². The van der Waals surface area contributed by atoms with Gasteiger partial charge >= 0.3 is 0 Å². The van der Waals surface area contributed by atoms with Crippen LogP contribution in [0, 0.1) is 17.6 Å². The van der Waals surface area contributed by atoms with Crippen LogP contribution in [0.1, 0.15) is 33.8 Å². The molecule has 3 amide bonds. The van der Waals surface area contributed by atoms with E-state index >= 15 is 0 Å². The number of nitrogens with zero attached hydrogens (tertiary/aromatic N) is 5. The Morgan fingerprint density at radius 2 is 1.71 bits per heavy atom. The van der Waals surface area contributed by atoms with Crippen LogP contribution in [0.3, 0.4) is 0 Å². The molecule has 3 aromatic rings. The standard InChI is InChI=1S/C31H36ClF2N7O4.CH2O2/c1-38-24(22-5-6-25(45-2)27(34)26(22)33)18-36-28(38)29(42)37-20-3-4-21(23(32)17-20)31(44)41-15-13-40(14-16-41)30(43)19-7-10-39(11-8-19)12-9-35;2-1-3/h3-6,17-19H,7-16,35H2,1-2H3,(H,37,42);1H,(H,2,3). The molecule has 0 unspecified atom stereocenters. The molecule has 0 saturated carbocycles. The van der Waals surface area contributed by atoms with E-state index in [-0.39, 0.29) is 57.6 Å². The highest BCUT2D eigenvalue weighted by Gasteiger charge is 2.32. The monoisotopic (exact) mass is 689 g/mol. The molecule has 4 N–H and O–H groups in total. The SMILES string of the molecule is COc1ccc(-c2cnc(C(=O)Nc3ccc(C(=O)N4CCN(C(=O)C5CCN(CCN)CC5)CC4)c(Cl)c3)n2C)c(F)c1F.O=CO. The number of piperazine rings is 1. The predicted octanol–water partition coefficient (Wildman–Crippen LogP) is 2.94. The molecule has 0 spiro atoms. The number of rotatable bonds is 8. The lowest BCUT2D eigenvalue weighted by Gasteiger charge is -2.38. The van der Waals surface area contributed by atoms with Gasteiger partial charge in [0.2, 0.25) is 11.7 Å². The fourth-order valence-electron chi connectivity index (χ4n) is 5.86. The van der Waals surface area contributed by atoms with Crippen molar-refractivity contribution in [2.75, 3.05) is 64.8 Å². The van der Waals surface area contributed by atoms with Crippen LogP contribution in [-0.4, -0.2) is 113 Å². The zero-order valence-corrected chi connectivity index (χ0v) is 27.4. The average molecular weight is 690 g/mol. The van der Waals surface area contributed by atoms with E-state index < -0.39 is 17.5 Å². The van der Waals surface area contributed by atoms with Gasteiger partial charge in [0.25, 0.3) is 18.3 Å². The molecule has 48 heavy (non-hydrogen) atoms. The van der Waals surface area contributed by atoms with Crippen LogP contribution >= 0.6 is 11.6 Å². The first-order valence-electron chi connectivity index (χ1n) is 15.3. The summed E-state index contributed by atoms with van der Waals surface area (Å²) < 4.78 is 35.1. The number of halogens is 3. The minimum atomic E-state index is -1.14. The van der Waals surface area contributed by atoms with Gasteiger partial charge in [-0.1, -0.05) is 11.6 Å². The maximum Gasteiger partial charge on any atom is 0.291 e. The zero-order valence-electron chi connectivity index (χ0n) is 26.6. The van der Waals surface area contributed by atoms with E-state index in [1.807, 2.05) is 4.90 Å². The number of carboxylic acid groups (broad SMARTS) is 1. The molecule has 16 heteroatoms. The van der Waals surface area contributed by atoms with E-state index in [4.69, 9.17) is 32.0 Å². The van der Waals surface area contributed by atoms with Crippen molar-refractivity contribution in [1.29, 1.82) is 0 Å². The fourth-order valence-corrected chi connectivity index (χ4v) is 6.12. The van der Waals surface area contributed by atoms with E-state index in [2.05, 4.69) is 15.2 Å². The molecule has 3 heterocycles. The molecule has 0 bridgehead atoms. The maximum atomic E-state index is 14.7. The number of piperidine rings is 1. The Balaban J connectivity index is 0.00000167. The number of aromatic nitrogens is 2. The third kappa shape index (κ3) is 8.09. The molecule has 5 rings (SSSR count). The number of ether oxygens (including phenoxy) is 1. The molecule has 13 nitrogen and oxygen atoms in total. The van der Waals surface area contributed by atoms with Gasteiger partial charge in [0, 0.05) is 63.5 Å². The smallest absolute Gasteiger partial charge is 0.291 e. The number of carbonyl (C=O) groups is 4. The van der Waals surface area contributed by atoms with Crippen molar-refractivity contribution in [3.8, 4) is 17.0 Å². The van der Waals surface area contributed by atoms with Crippen molar-refractivity contribution in [3.63, 3.8) is 0 Å². The van der Waals surface area contributed by atoms with Crippen LogP contribution in [0.5, 0.6) is 5.75 Å². The maximum absolute atomic E-state index is 14.7. The summed E-state index contributed by atoms with van der Waals surface area (Å²) in [7, 11) is 2.74. The topological polar surface area (TPSA) is 163 Å². The molecule has 0 aliphatic carbocycles.